The summed E-state index contributed by atoms with van der Waals surface area (Å²) in [6, 6.07) is 5.03. The number of hydrogen-bond acceptors (Lipinski definition) is 7. The summed E-state index contributed by atoms with van der Waals surface area (Å²) in [5, 5.41) is 0.539. The Morgan fingerprint density at radius 2 is 1.92 bits per heavy atom. The van der Waals surface area contributed by atoms with Crippen LogP contribution in [-0.2, 0) is 14.2 Å². The van der Waals surface area contributed by atoms with E-state index in [9.17, 15) is 4.79 Å². The van der Waals surface area contributed by atoms with E-state index in [4.69, 9.17) is 23.4 Å². The summed E-state index contributed by atoms with van der Waals surface area (Å²) in [4.78, 5) is 14.5. The van der Waals surface area contributed by atoms with E-state index in [0.717, 1.165) is 5.56 Å². The number of nitrogens with zero attached hydrogens (tertiary/aromatic N) is 1. The van der Waals surface area contributed by atoms with Crippen molar-refractivity contribution in [3.63, 3.8) is 0 Å². The molecule has 1 fully saturated rings. The number of hydrogen-bond donors (Lipinski definition) is 0. The molecule has 136 valence electrons. The van der Waals surface area contributed by atoms with E-state index >= 15 is 0 Å². The summed E-state index contributed by atoms with van der Waals surface area (Å²) < 4.78 is 27.4. The topological polar surface area (TPSA) is 70.4 Å². The standard InChI is InChI=1S/C18H23NO6/c1-12-15(24-11-17(21-2)22-3)5-4-13-14(20)10-16(25-18(12)13)19-6-8-23-9-7-19/h4-5,10,17H,6-9,11H2,1-3H3. The van der Waals surface area contributed by atoms with Gasteiger partial charge in [0, 0.05) is 38.9 Å². The molecule has 25 heavy (non-hydrogen) atoms. The lowest BCUT2D eigenvalue weighted by Gasteiger charge is -2.27. The minimum absolute atomic E-state index is 0.0657. The smallest absolute Gasteiger partial charge is 0.200 e. The van der Waals surface area contributed by atoms with Gasteiger partial charge in [0.05, 0.1) is 18.6 Å². The molecule has 0 bridgehead atoms. The molecule has 1 aliphatic rings. The van der Waals surface area contributed by atoms with Gasteiger partial charge >= 0.3 is 0 Å². The minimum atomic E-state index is -0.457. The first-order valence-electron chi connectivity index (χ1n) is 8.22. The molecular formula is C18H23NO6. The van der Waals surface area contributed by atoms with Crippen LogP contribution in [0.25, 0.3) is 11.0 Å². The summed E-state index contributed by atoms with van der Waals surface area (Å²) in [5.41, 5.74) is 1.25. The van der Waals surface area contributed by atoms with Crippen molar-refractivity contribution in [2.45, 2.75) is 13.2 Å². The molecule has 1 saturated heterocycles. The third-order valence-electron chi connectivity index (χ3n) is 4.31. The summed E-state index contributed by atoms with van der Waals surface area (Å²) >= 11 is 0. The monoisotopic (exact) mass is 349 g/mol. The van der Waals surface area contributed by atoms with Gasteiger partial charge in [0.2, 0.25) is 0 Å². The molecule has 3 rings (SSSR count). The molecule has 0 aliphatic carbocycles. The zero-order valence-corrected chi connectivity index (χ0v) is 14.7. The lowest BCUT2D eigenvalue weighted by molar-refractivity contribution is -0.122. The minimum Gasteiger partial charge on any atom is -0.488 e. The summed E-state index contributed by atoms with van der Waals surface area (Å²) in [7, 11) is 3.11. The first kappa shape index (κ1) is 17.7. The highest BCUT2D eigenvalue weighted by Gasteiger charge is 2.18. The van der Waals surface area contributed by atoms with Crippen LogP contribution in [0.4, 0.5) is 5.88 Å². The number of fused-ring (bicyclic) bond motifs is 1. The molecule has 7 heteroatoms. The highest BCUT2D eigenvalue weighted by atomic mass is 16.7. The van der Waals surface area contributed by atoms with Gasteiger partial charge in [-0.15, -0.1) is 0 Å². The van der Waals surface area contributed by atoms with E-state index in [2.05, 4.69) is 0 Å². The molecule has 0 amide bonds. The molecule has 0 spiro atoms. The Labute approximate surface area is 146 Å². The molecule has 7 nitrogen and oxygen atoms in total. The van der Waals surface area contributed by atoms with Crippen molar-refractivity contribution in [2.24, 2.45) is 0 Å². The number of morpholine rings is 1. The van der Waals surface area contributed by atoms with Crippen LogP contribution in [0.1, 0.15) is 5.56 Å². The summed E-state index contributed by atoms with van der Waals surface area (Å²) in [6.45, 7) is 4.77. The highest BCUT2D eigenvalue weighted by molar-refractivity contribution is 5.82. The summed E-state index contributed by atoms with van der Waals surface area (Å²) in [5.74, 6) is 1.20. The molecule has 2 heterocycles. The lowest BCUT2D eigenvalue weighted by Crippen LogP contribution is -2.36. The fourth-order valence-electron chi connectivity index (χ4n) is 2.81. The van der Waals surface area contributed by atoms with Gasteiger partial charge in [-0.25, -0.2) is 0 Å². The van der Waals surface area contributed by atoms with Crippen molar-refractivity contribution in [1.82, 2.24) is 0 Å². The Bertz CT molecular complexity index is 777. The molecule has 0 unspecified atom stereocenters. The Kier molecular flexibility index (Phi) is 5.57. The number of benzene rings is 1. The van der Waals surface area contributed by atoms with Gasteiger partial charge in [0.25, 0.3) is 0 Å². The molecule has 2 aromatic rings. The molecule has 0 atom stereocenters. The molecule has 1 aliphatic heterocycles. The summed E-state index contributed by atoms with van der Waals surface area (Å²) in [6.07, 6.45) is -0.457. The third kappa shape index (κ3) is 3.78. The van der Waals surface area contributed by atoms with E-state index in [1.807, 2.05) is 11.8 Å². The van der Waals surface area contributed by atoms with Gasteiger partial charge in [0.1, 0.15) is 17.9 Å². The molecule has 0 saturated carbocycles. The molecule has 1 aromatic carbocycles. The van der Waals surface area contributed by atoms with Crippen LogP contribution < -0.4 is 15.1 Å². The Balaban J connectivity index is 1.94. The molecule has 0 radical (unpaired) electrons. The largest absolute Gasteiger partial charge is 0.488 e. The van der Waals surface area contributed by atoms with Crippen LogP contribution >= 0.6 is 0 Å². The second kappa shape index (κ2) is 7.86. The van der Waals surface area contributed by atoms with Crippen molar-refractivity contribution in [2.75, 3.05) is 52.0 Å². The fraction of sp³-hybridized carbons (Fsp3) is 0.500. The van der Waals surface area contributed by atoms with Gasteiger partial charge < -0.3 is 28.3 Å². The fourth-order valence-corrected chi connectivity index (χ4v) is 2.81. The first-order valence-corrected chi connectivity index (χ1v) is 8.22. The van der Waals surface area contributed by atoms with Crippen molar-refractivity contribution < 1.29 is 23.4 Å². The van der Waals surface area contributed by atoms with Gasteiger partial charge in [0.15, 0.2) is 17.6 Å². The van der Waals surface area contributed by atoms with Gasteiger partial charge in [-0.2, -0.15) is 0 Å². The molecule has 0 N–H and O–H groups in total. The van der Waals surface area contributed by atoms with Crippen molar-refractivity contribution in [3.8, 4) is 5.75 Å². The maximum atomic E-state index is 12.5. The number of aryl methyl sites for hydroxylation is 1. The molecule has 1 aromatic heterocycles. The predicted octanol–water partition coefficient (Wildman–Crippen LogP) is 1.94. The zero-order chi connectivity index (χ0) is 17.8. The van der Waals surface area contributed by atoms with Gasteiger partial charge in [-0.1, -0.05) is 0 Å². The number of anilines is 1. The van der Waals surface area contributed by atoms with Crippen molar-refractivity contribution in [1.29, 1.82) is 0 Å². The Morgan fingerprint density at radius 3 is 2.60 bits per heavy atom. The second-order valence-corrected chi connectivity index (χ2v) is 5.83. The highest BCUT2D eigenvalue weighted by Crippen LogP contribution is 2.29. The van der Waals surface area contributed by atoms with E-state index in [-0.39, 0.29) is 12.0 Å². The number of rotatable bonds is 6. The van der Waals surface area contributed by atoms with Crippen LogP contribution in [0.3, 0.4) is 0 Å². The van der Waals surface area contributed by atoms with Crippen LogP contribution in [0.15, 0.2) is 27.4 Å². The van der Waals surface area contributed by atoms with E-state index in [1.54, 1.807) is 32.4 Å². The number of ether oxygens (including phenoxy) is 4. The lowest BCUT2D eigenvalue weighted by atomic mass is 10.1. The van der Waals surface area contributed by atoms with E-state index in [0.29, 0.717) is 48.9 Å². The first-order chi connectivity index (χ1) is 12.1. The van der Waals surface area contributed by atoms with Gasteiger partial charge in [-0.3, -0.25) is 4.79 Å². The normalized spacial score (nSPS) is 15.1. The van der Waals surface area contributed by atoms with Gasteiger partial charge in [-0.05, 0) is 19.1 Å². The molecular weight excluding hydrogens is 326 g/mol. The van der Waals surface area contributed by atoms with Crippen molar-refractivity contribution >= 4 is 16.9 Å². The van der Waals surface area contributed by atoms with Crippen molar-refractivity contribution in [3.05, 3.63) is 34.0 Å². The zero-order valence-electron chi connectivity index (χ0n) is 14.7. The van der Waals surface area contributed by atoms with Crippen LogP contribution in [-0.4, -0.2) is 53.4 Å². The average Bonchev–Trinajstić information content (AvgIpc) is 2.65. The Hall–Kier alpha value is -2.09. The second-order valence-electron chi connectivity index (χ2n) is 5.83. The quantitative estimate of drug-likeness (QED) is 0.738. The predicted molar refractivity (Wildman–Crippen MR) is 93.6 cm³/mol. The van der Waals surface area contributed by atoms with Crippen LogP contribution in [0, 0.1) is 6.92 Å². The maximum absolute atomic E-state index is 12.5. The Morgan fingerprint density at radius 1 is 1.20 bits per heavy atom. The third-order valence-corrected chi connectivity index (χ3v) is 4.31. The van der Waals surface area contributed by atoms with E-state index in [1.165, 1.54) is 0 Å². The SMILES string of the molecule is COC(COc1ccc2c(=O)cc(N3CCOCC3)oc2c1C)OC. The van der Waals surface area contributed by atoms with Crippen LogP contribution in [0.5, 0.6) is 5.75 Å². The van der Waals surface area contributed by atoms with Crippen LogP contribution in [0.2, 0.25) is 0 Å². The maximum Gasteiger partial charge on any atom is 0.200 e. The number of methoxy groups -OCH3 is 2. The van der Waals surface area contributed by atoms with E-state index < -0.39 is 6.29 Å². The average molecular weight is 349 g/mol.